The van der Waals surface area contributed by atoms with Gasteiger partial charge in [-0.1, -0.05) is 25.2 Å². The molecule has 0 aromatic carbocycles. The van der Waals surface area contributed by atoms with E-state index in [-0.39, 0.29) is 5.38 Å². The molecule has 0 aromatic heterocycles. The standard InChI is InChI=1S/C12H19Cl/c1-5-10(4)8-11(6-2)9-12(13)7-3/h5-7,10-12H,1-3,8-9H2,4H3. The van der Waals surface area contributed by atoms with Crippen LogP contribution in [0.25, 0.3) is 0 Å². The van der Waals surface area contributed by atoms with Gasteiger partial charge < -0.3 is 0 Å². The van der Waals surface area contributed by atoms with Crippen molar-refractivity contribution in [2.75, 3.05) is 0 Å². The van der Waals surface area contributed by atoms with Gasteiger partial charge in [0.2, 0.25) is 0 Å². The van der Waals surface area contributed by atoms with Gasteiger partial charge in [0.1, 0.15) is 0 Å². The first-order valence-corrected chi connectivity index (χ1v) is 5.09. The number of rotatable bonds is 7. The summed E-state index contributed by atoms with van der Waals surface area (Å²) in [7, 11) is 0. The Balaban J connectivity index is 3.95. The largest absolute Gasteiger partial charge is 0.118 e. The lowest BCUT2D eigenvalue weighted by atomic mass is 9.92. The molecule has 0 radical (unpaired) electrons. The number of allylic oxidation sites excluding steroid dienone is 3. The minimum Gasteiger partial charge on any atom is -0.118 e. The fourth-order valence-electron chi connectivity index (χ4n) is 1.25. The van der Waals surface area contributed by atoms with Crippen LogP contribution >= 0.6 is 11.6 Å². The molecule has 0 bridgehead atoms. The van der Waals surface area contributed by atoms with E-state index < -0.39 is 0 Å². The van der Waals surface area contributed by atoms with E-state index in [0.717, 1.165) is 12.8 Å². The molecule has 74 valence electrons. The summed E-state index contributed by atoms with van der Waals surface area (Å²) in [5, 5.41) is 0.0556. The average molecular weight is 199 g/mol. The molecular weight excluding hydrogens is 180 g/mol. The normalized spacial score (nSPS) is 17.1. The van der Waals surface area contributed by atoms with Gasteiger partial charge in [-0.25, -0.2) is 0 Å². The Morgan fingerprint density at radius 3 is 2.08 bits per heavy atom. The first-order chi connectivity index (χ1) is 6.13. The SMILES string of the molecule is C=CC(C)CC(C=C)CC(Cl)C=C. The smallest absolute Gasteiger partial charge is 0.0519 e. The van der Waals surface area contributed by atoms with Crippen molar-refractivity contribution in [2.45, 2.75) is 25.1 Å². The second-order valence-electron chi connectivity index (χ2n) is 3.43. The van der Waals surface area contributed by atoms with Crippen LogP contribution < -0.4 is 0 Å². The highest BCUT2D eigenvalue weighted by Crippen LogP contribution is 2.21. The van der Waals surface area contributed by atoms with E-state index in [4.69, 9.17) is 11.6 Å². The maximum atomic E-state index is 5.97. The fourth-order valence-corrected chi connectivity index (χ4v) is 1.48. The zero-order chi connectivity index (χ0) is 10.3. The van der Waals surface area contributed by atoms with Crippen LogP contribution in [0.15, 0.2) is 38.0 Å². The van der Waals surface area contributed by atoms with Gasteiger partial charge in [-0.15, -0.1) is 31.3 Å². The van der Waals surface area contributed by atoms with Gasteiger partial charge in [-0.05, 0) is 24.7 Å². The number of hydrogen-bond acceptors (Lipinski definition) is 0. The van der Waals surface area contributed by atoms with E-state index in [2.05, 4.69) is 26.7 Å². The molecule has 0 N–H and O–H groups in total. The average Bonchev–Trinajstić information content (AvgIpc) is 2.16. The molecule has 3 atom stereocenters. The van der Waals surface area contributed by atoms with Gasteiger partial charge >= 0.3 is 0 Å². The van der Waals surface area contributed by atoms with Crippen LogP contribution in [-0.2, 0) is 0 Å². The molecule has 0 aliphatic rings. The molecule has 0 aliphatic carbocycles. The highest BCUT2D eigenvalue weighted by atomic mass is 35.5. The minimum atomic E-state index is 0.0556. The second-order valence-corrected chi connectivity index (χ2v) is 3.99. The Hall–Kier alpha value is -0.490. The lowest BCUT2D eigenvalue weighted by molar-refractivity contribution is 0.487. The van der Waals surface area contributed by atoms with Crippen molar-refractivity contribution in [3.8, 4) is 0 Å². The molecule has 0 saturated carbocycles. The molecule has 0 aromatic rings. The maximum absolute atomic E-state index is 5.97. The summed E-state index contributed by atoms with van der Waals surface area (Å²) in [6.07, 6.45) is 7.71. The predicted molar refractivity (Wildman–Crippen MR) is 62.1 cm³/mol. The molecule has 0 nitrogen and oxygen atoms in total. The van der Waals surface area contributed by atoms with Gasteiger partial charge in [0.15, 0.2) is 0 Å². The van der Waals surface area contributed by atoms with E-state index in [1.165, 1.54) is 0 Å². The molecule has 0 aliphatic heterocycles. The third-order valence-corrected chi connectivity index (χ3v) is 2.55. The molecular formula is C12H19Cl. The van der Waals surface area contributed by atoms with E-state index in [1.54, 1.807) is 6.08 Å². The van der Waals surface area contributed by atoms with Crippen LogP contribution in [0, 0.1) is 11.8 Å². The fraction of sp³-hybridized carbons (Fsp3) is 0.500. The van der Waals surface area contributed by atoms with Crippen molar-refractivity contribution in [3.63, 3.8) is 0 Å². The number of alkyl halides is 1. The summed E-state index contributed by atoms with van der Waals surface area (Å²) >= 11 is 5.97. The summed E-state index contributed by atoms with van der Waals surface area (Å²) < 4.78 is 0. The van der Waals surface area contributed by atoms with Crippen molar-refractivity contribution in [3.05, 3.63) is 38.0 Å². The Labute approximate surface area is 87.0 Å². The molecule has 0 heterocycles. The first-order valence-electron chi connectivity index (χ1n) is 4.65. The second kappa shape index (κ2) is 6.97. The molecule has 0 saturated heterocycles. The summed E-state index contributed by atoms with van der Waals surface area (Å²) in [6, 6.07) is 0. The van der Waals surface area contributed by atoms with E-state index in [0.29, 0.717) is 11.8 Å². The van der Waals surface area contributed by atoms with Crippen molar-refractivity contribution in [2.24, 2.45) is 11.8 Å². The predicted octanol–water partition coefficient (Wildman–Crippen LogP) is 4.18. The lowest BCUT2D eigenvalue weighted by Crippen LogP contribution is -2.07. The van der Waals surface area contributed by atoms with Crippen LogP contribution in [-0.4, -0.2) is 5.38 Å². The Kier molecular flexibility index (Phi) is 6.70. The Bertz CT molecular complexity index is 156. The highest BCUT2D eigenvalue weighted by molar-refractivity contribution is 6.21. The van der Waals surface area contributed by atoms with Gasteiger partial charge in [-0.2, -0.15) is 0 Å². The van der Waals surface area contributed by atoms with E-state index >= 15 is 0 Å². The molecule has 0 spiro atoms. The third-order valence-electron chi connectivity index (χ3n) is 2.19. The van der Waals surface area contributed by atoms with Crippen LogP contribution in [0.4, 0.5) is 0 Å². The first kappa shape index (κ1) is 12.5. The maximum Gasteiger partial charge on any atom is 0.0519 e. The van der Waals surface area contributed by atoms with Crippen LogP contribution in [0.5, 0.6) is 0 Å². The van der Waals surface area contributed by atoms with Crippen molar-refractivity contribution < 1.29 is 0 Å². The van der Waals surface area contributed by atoms with Gasteiger partial charge in [-0.3, -0.25) is 0 Å². The lowest BCUT2D eigenvalue weighted by Gasteiger charge is -2.16. The molecule has 3 unspecified atom stereocenters. The molecule has 13 heavy (non-hydrogen) atoms. The molecule has 0 amide bonds. The van der Waals surface area contributed by atoms with E-state index in [1.807, 2.05) is 12.2 Å². The topological polar surface area (TPSA) is 0 Å². The quantitative estimate of drug-likeness (QED) is 0.425. The summed E-state index contributed by atoms with van der Waals surface area (Å²) in [6.45, 7) is 13.4. The van der Waals surface area contributed by atoms with Crippen molar-refractivity contribution >= 4 is 11.6 Å². The Morgan fingerprint density at radius 2 is 1.69 bits per heavy atom. The van der Waals surface area contributed by atoms with Crippen molar-refractivity contribution in [1.82, 2.24) is 0 Å². The minimum absolute atomic E-state index is 0.0556. The summed E-state index contributed by atoms with van der Waals surface area (Å²) in [5.41, 5.74) is 0. The van der Waals surface area contributed by atoms with Gasteiger partial charge in [0.25, 0.3) is 0 Å². The van der Waals surface area contributed by atoms with Gasteiger partial charge in [0, 0.05) is 0 Å². The molecule has 0 fully saturated rings. The van der Waals surface area contributed by atoms with Crippen LogP contribution in [0.1, 0.15) is 19.8 Å². The van der Waals surface area contributed by atoms with Crippen molar-refractivity contribution in [1.29, 1.82) is 0 Å². The van der Waals surface area contributed by atoms with E-state index in [9.17, 15) is 0 Å². The Morgan fingerprint density at radius 1 is 1.08 bits per heavy atom. The van der Waals surface area contributed by atoms with Gasteiger partial charge in [0.05, 0.1) is 5.38 Å². The monoisotopic (exact) mass is 198 g/mol. The molecule has 0 rings (SSSR count). The third kappa shape index (κ3) is 5.70. The zero-order valence-corrected chi connectivity index (χ0v) is 9.13. The number of halogens is 1. The summed E-state index contributed by atoms with van der Waals surface area (Å²) in [4.78, 5) is 0. The van der Waals surface area contributed by atoms with Crippen LogP contribution in [0.2, 0.25) is 0 Å². The molecule has 1 heteroatoms. The number of hydrogen-bond donors (Lipinski definition) is 0. The highest BCUT2D eigenvalue weighted by Gasteiger charge is 2.11. The zero-order valence-electron chi connectivity index (χ0n) is 8.38. The summed E-state index contributed by atoms with van der Waals surface area (Å²) in [5.74, 6) is 0.991. The van der Waals surface area contributed by atoms with Crippen LogP contribution in [0.3, 0.4) is 0 Å².